The van der Waals surface area contributed by atoms with E-state index in [1.54, 1.807) is 0 Å². The van der Waals surface area contributed by atoms with E-state index in [9.17, 15) is 0 Å². The number of pyridine rings is 1. The molecule has 0 radical (unpaired) electrons. The number of nitrogens with zero attached hydrogens (tertiary/aromatic N) is 4. The van der Waals surface area contributed by atoms with Crippen LogP contribution in [0.4, 0.5) is 11.4 Å². The van der Waals surface area contributed by atoms with Crippen LogP contribution in [0.25, 0.3) is 33.3 Å². The number of fused-ring (bicyclic) bond motifs is 3. The molecule has 358 valence electrons. The largest absolute Gasteiger partial charge is 0.509 e. The Morgan fingerprint density at radius 3 is 1.72 bits per heavy atom. The van der Waals surface area contributed by atoms with Gasteiger partial charge in [-0.2, -0.15) is 0 Å². The van der Waals surface area contributed by atoms with Crippen molar-refractivity contribution in [2.45, 2.75) is 124 Å². The van der Waals surface area contributed by atoms with E-state index in [0.29, 0.717) is 11.5 Å². The second-order valence-electron chi connectivity index (χ2n) is 23.3. The molecule has 0 unspecified atom stereocenters. The number of rotatable bonds is 8. The molecular formula is C63H67N4OPt-3. The number of benzene rings is 6. The summed E-state index contributed by atoms with van der Waals surface area (Å²) in [4.78, 5) is 9.56. The van der Waals surface area contributed by atoms with Crippen molar-refractivity contribution in [2.75, 3.05) is 9.80 Å². The maximum atomic E-state index is 7.20. The normalized spacial score (nSPS) is 13.8. The van der Waals surface area contributed by atoms with E-state index in [-0.39, 0.29) is 42.7 Å². The van der Waals surface area contributed by atoms with Crippen molar-refractivity contribution in [1.29, 1.82) is 0 Å². The van der Waals surface area contributed by atoms with Crippen molar-refractivity contribution >= 4 is 38.9 Å². The second-order valence-corrected chi connectivity index (χ2v) is 23.3. The monoisotopic (exact) mass is 1090 g/mol. The standard InChI is InChI=1S/C63H67N4O.Pt/c1-59(2,3)44-29-30-64-57(36-44)67-54-28-22-21-27-52(54)58-53(63(13,14)43-25-19-16-20-26-43)38-51(39-55(58)67)68-50-35-47(62(10,11)12)34-49(37-50)66-41-65(40-56(66)42-23-17-15-18-24-42)48-32-45(60(4,5)6)31-46(33-48)61(7,8)9;/h15-36,38,40-41H,1-14H3;/q-3;. The molecule has 6 heteroatoms. The summed E-state index contributed by atoms with van der Waals surface area (Å²) in [5, 5.41) is 2.28. The average molecular weight is 1090 g/mol. The molecule has 6 aromatic carbocycles. The minimum atomic E-state index is -0.412. The second kappa shape index (κ2) is 18.1. The summed E-state index contributed by atoms with van der Waals surface area (Å²) in [5.41, 5.74) is 12.7. The molecule has 0 fully saturated rings. The van der Waals surface area contributed by atoms with E-state index in [1.807, 2.05) is 6.20 Å². The predicted molar refractivity (Wildman–Crippen MR) is 286 cm³/mol. The SMILES string of the molecule is CC(C)(C)c1cc(Oc2[c-]c3c(c(C(C)(C)c4ccccc4)c2)c2ccccc2n3-c2cc(C(C)(C)C)ccn2)[c-]c(N2[CH-]N(c3cc(C(C)(C)C)cc(C(C)(C)C)c3)C=C2c2ccccc2)c1.[Pt]. The molecule has 69 heavy (non-hydrogen) atoms. The van der Waals surface area contributed by atoms with Gasteiger partial charge in [-0.1, -0.05) is 193 Å². The topological polar surface area (TPSA) is 33.5 Å². The first-order valence-corrected chi connectivity index (χ1v) is 24.1. The van der Waals surface area contributed by atoms with E-state index in [4.69, 9.17) is 9.72 Å². The molecule has 0 spiro atoms. The molecule has 9 rings (SSSR count). The van der Waals surface area contributed by atoms with Crippen molar-refractivity contribution in [3.05, 3.63) is 204 Å². The Morgan fingerprint density at radius 1 is 0.536 bits per heavy atom. The molecule has 3 heterocycles. The van der Waals surface area contributed by atoms with Crippen LogP contribution in [0.2, 0.25) is 0 Å². The van der Waals surface area contributed by atoms with Crippen LogP contribution in [0.3, 0.4) is 0 Å². The van der Waals surface area contributed by atoms with Crippen molar-refractivity contribution in [3.8, 4) is 17.3 Å². The summed E-state index contributed by atoms with van der Waals surface area (Å²) in [5.74, 6) is 2.08. The zero-order valence-corrected chi connectivity index (χ0v) is 45.2. The molecule has 5 nitrogen and oxygen atoms in total. The van der Waals surface area contributed by atoms with Crippen LogP contribution in [0.5, 0.6) is 11.5 Å². The van der Waals surface area contributed by atoms with Gasteiger partial charge >= 0.3 is 0 Å². The van der Waals surface area contributed by atoms with Gasteiger partial charge < -0.3 is 19.1 Å². The van der Waals surface area contributed by atoms with Gasteiger partial charge in [0.05, 0.1) is 0 Å². The number of aromatic nitrogens is 2. The van der Waals surface area contributed by atoms with Gasteiger partial charge in [0.25, 0.3) is 0 Å². The number of hydrogen-bond donors (Lipinski definition) is 0. The van der Waals surface area contributed by atoms with Gasteiger partial charge in [-0.15, -0.1) is 53.8 Å². The Balaban J connectivity index is 0.00000642. The number of para-hydroxylation sites is 1. The Morgan fingerprint density at radius 2 is 1.10 bits per heavy atom. The first-order chi connectivity index (χ1) is 32.0. The van der Waals surface area contributed by atoms with Gasteiger partial charge in [0.2, 0.25) is 0 Å². The van der Waals surface area contributed by atoms with Crippen molar-refractivity contribution < 1.29 is 25.8 Å². The summed E-state index contributed by atoms with van der Waals surface area (Å²) < 4.78 is 9.47. The average Bonchev–Trinajstić information content (AvgIpc) is 3.89. The molecule has 0 bridgehead atoms. The fraction of sp³-hybridized carbons (Fsp3) is 0.302. The predicted octanol–water partition coefficient (Wildman–Crippen LogP) is 16.5. The molecule has 0 amide bonds. The van der Waals surface area contributed by atoms with Gasteiger partial charge in [0.15, 0.2) is 0 Å². The van der Waals surface area contributed by atoms with Crippen molar-refractivity contribution in [2.24, 2.45) is 0 Å². The molecule has 8 aromatic rings. The molecule has 0 aliphatic carbocycles. The van der Waals surface area contributed by atoms with E-state index in [0.717, 1.165) is 61.4 Å². The quantitative estimate of drug-likeness (QED) is 0.142. The number of ether oxygens (including phenoxy) is 1. The Hall–Kier alpha value is -5.90. The summed E-state index contributed by atoms with van der Waals surface area (Å²) >= 11 is 0. The number of hydrogen-bond acceptors (Lipinski definition) is 4. The third kappa shape index (κ3) is 9.82. The maximum absolute atomic E-state index is 7.20. The van der Waals surface area contributed by atoms with E-state index in [1.165, 1.54) is 22.3 Å². The van der Waals surface area contributed by atoms with Crippen LogP contribution in [0, 0.1) is 18.8 Å². The zero-order chi connectivity index (χ0) is 48.6. The summed E-state index contributed by atoms with van der Waals surface area (Å²) in [6, 6.07) is 55.7. The third-order valence-corrected chi connectivity index (χ3v) is 13.6. The fourth-order valence-electron chi connectivity index (χ4n) is 9.25. The van der Waals surface area contributed by atoms with Gasteiger partial charge in [0, 0.05) is 55.7 Å². The smallest absolute Gasteiger partial charge is 0.135 e. The van der Waals surface area contributed by atoms with Crippen LogP contribution in [0.15, 0.2) is 146 Å². The van der Waals surface area contributed by atoms with E-state index < -0.39 is 5.41 Å². The van der Waals surface area contributed by atoms with Crippen LogP contribution in [0.1, 0.15) is 136 Å². The third-order valence-electron chi connectivity index (χ3n) is 13.6. The van der Waals surface area contributed by atoms with Crippen LogP contribution >= 0.6 is 0 Å². The molecule has 0 N–H and O–H groups in total. The van der Waals surface area contributed by atoms with E-state index >= 15 is 0 Å². The Kier molecular flexibility index (Phi) is 13.0. The minimum Gasteiger partial charge on any atom is -0.509 e. The Bertz CT molecular complexity index is 3160. The van der Waals surface area contributed by atoms with Gasteiger partial charge in [0.1, 0.15) is 5.82 Å². The first kappa shape index (κ1) is 49.5. The molecule has 1 aliphatic rings. The van der Waals surface area contributed by atoms with Crippen LogP contribution < -0.4 is 14.5 Å². The minimum absolute atomic E-state index is 0. The summed E-state index contributed by atoms with van der Waals surface area (Å²) in [6.07, 6.45) is 4.18. The first-order valence-electron chi connectivity index (χ1n) is 24.1. The van der Waals surface area contributed by atoms with Gasteiger partial charge in [-0.05, 0) is 96.8 Å². The molecule has 0 saturated heterocycles. The molecular weight excluding hydrogens is 1020 g/mol. The van der Waals surface area contributed by atoms with Gasteiger partial charge in [-0.3, -0.25) is 0 Å². The molecule has 1 aliphatic heterocycles. The van der Waals surface area contributed by atoms with Crippen molar-refractivity contribution in [1.82, 2.24) is 9.55 Å². The molecule has 0 atom stereocenters. The van der Waals surface area contributed by atoms with Crippen LogP contribution in [-0.2, 0) is 48.1 Å². The van der Waals surface area contributed by atoms with Gasteiger partial charge in [-0.25, -0.2) is 4.98 Å². The number of anilines is 2. The fourth-order valence-corrected chi connectivity index (χ4v) is 9.25. The van der Waals surface area contributed by atoms with Crippen molar-refractivity contribution in [3.63, 3.8) is 0 Å². The zero-order valence-electron chi connectivity index (χ0n) is 42.9. The Labute approximate surface area is 426 Å². The molecule has 0 saturated carbocycles. The molecule has 2 aromatic heterocycles. The summed E-state index contributed by atoms with van der Waals surface area (Å²) in [7, 11) is 0. The van der Waals surface area contributed by atoms with Crippen LogP contribution in [-0.4, -0.2) is 9.55 Å². The maximum Gasteiger partial charge on any atom is 0.135 e. The van der Waals surface area contributed by atoms with E-state index in [2.05, 4.69) is 270 Å². The summed E-state index contributed by atoms with van der Waals surface area (Å²) in [6.45, 7) is 34.1.